The molecule has 1 unspecified atom stereocenters. The zero-order chi connectivity index (χ0) is 13.5. The maximum Gasteiger partial charge on any atom is 0.307 e. The van der Waals surface area contributed by atoms with Gasteiger partial charge in [-0.3, -0.25) is 4.79 Å². The Balaban J connectivity index is 2.30. The van der Waals surface area contributed by atoms with Crippen molar-refractivity contribution in [2.75, 3.05) is 11.9 Å². The standard InChI is InChI=1S/C15H23NO2/c1-11(2)13(4)18-15(17)9-10-16-14-8-6-5-7-12(14)3/h5-8,11,13,16H,9-10H2,1-4H3. The molecule has 1 aromatic carbocycles. The minimum atomic E-state index is -0.141. The van der Waals surface area contributed by atoms with E-state index in [2.05, 4.69) is 5.32 Å². The summed E-state index contributed by atoms with van der Waals surface area (Å²) in [4.78, 5) is 11.6. The number of anilines is 1. The van der Waals surface area contributed by atoms with Crippen LogP contribution in [0.3, 0.4) is 0 Å². The average molecular weight is 249 g/mol. The molecule has 1 rings (SSSR count). The van der Waals surface area contributed by atoms with Gasteiger partial charge in [-0.05, 0) is 31.4 Å². The van der Waals surface area contributed by atoms with Crippen LogP contribution < -0.4 is 5.32 Å². The van der Waals surface area contributed by atoms with Gasteiger partial charge in [-0.15, -0.1) is 0 Å². The molecule has 0 spiro atoms. The molecule has 0 aliphatic heterocycles. The maximum absolute atomic E-state index is 11.6. The first-order valence-electron chi connectivity index (χ1n) is 6.49. The molecule has 0 aliphatic carbocycles. The third-order valence-corrected chi connectivity index (χ3v) is 3.05. The second-order valence-corrected chi connectivity index (χ2v) is 4.93. The molecule has 0 radical (unpaired) electrons. The number of hydrogen-bond donors (Lipinski definition) is 1. The van der Waals surface area contributed by atoms with Crippen molar-refractivity contribution in [2.45, 2.75) is 40.2 Å². The minimum Gasteiger partial charge on any atom is -0.462 e. The zero-order valence-electron chi connectivity index (χ0n) is 11.7. The largest absolute Gasteiger partial charge is 0.462 e. The molecule has 0 aliphatic rings. The van der Waals surface area contributed by atoms with Crippen molar-refractivity contribution in [3.05, 3.63) is 29.8 Å². The van der Waals surface area contributed by atoms with Crippen LogP contribution in [0, 0.1) is 12.8 Å². The summed E-state index contributed by atoms with van der Waals surface area (Å²) < 4.78 is 5.30. The molecule has 3 nitrogen and oxygen atoms in total. The van der Waals surface area contributed by atoms with Gasteiger partial charge in [0, 0.05) is 12.2 Å². The number of para-hydroxylation sites is 1. The van der Waals surface area contributed by atoms with Gasteiger partial charge in [0.2, 0.25) is 0 Å². The minimum absolute atomic E-state index is 0.0176. The Morgan fingerprint density at radius 3 is 2.56 bits per heavy atom. The number of nitrogens with one attached hydrogen (secondary N) is 1. The number of rotatable bonds is 6. The van der Waals surface area contributed by atoms with Gasteiger partial charge in [0.05, 0.1) is 6.42 Å². The lowest BCUT2D eigenvalue weighted by Gasteiger charge is -2.16. The number of carbonyl (C=O) groups is 1. The van der Waals surface area contributed by atoms with E-state index in [1.54, 1.807) is 0 Å². The number of hydrogen-bond acceptors (Lipinski definition) is 3. The molecule has 1 atom stereocenters. The summed E-state index contributed by atoms with van der Waals surface area (Å²) >= 11 is 0. The highest BCUT2D eigenvalue weighted by molar-refractivity contribution is 5.70. The quantitative estimate of drug-likeness (QED) is 0.785. The van der Waals surface area contributed by atoms with E-state index >= 15 is 0 Å². The summed E-state index contributed by atoms with van der Waals surface area (Å²) in [5, 5.41) is 3.25. The van der Waals surface area contributed by atoms with Crippen molar-refractivity contribution < 1.29 is 9.53 Å². The Morgan fingerprint density at radius 1 is 1.28 bits per heavy atom. The second kappa shape index (κ2) is 7.04. The summed E-state index contributed by atoms with van der Waals surface area (Å²) in [6.45, 7) is 8.67. The fraction of sp³-hybridized carbons (Fsp3) is 0.533. The number of benzene rings is 1. The normalized spacial score (nSPS) is 12.3. The summed E-state index contributed by atoms with van der Waals surface area (Å²) in [7, 11) is 0. The van der Waals surface area contributed by atoms with Crippen molar-refractivity contribution in [1.82, 2.24) is 0 Å². The predicted octanol–water partition coefficient (Wildman–Crippen LogP) is 3.38. The fourth-order valence-corrected chi connectivity index (χ4v) is 1.47. The summed E-state index contributed by atoms with van der Waals surface area (Å²) in [6, 6.07) is 8.03. The first-order chi connectivity index (χ1) is 8.50. The average Bonchev–Trinajstić information content (AvgIpc) is 2.31. The highest BCUT2D eigenvalue weighted by Gasteiger charge is 2.12. The number of ether oxygens (including phenoxy) is 1. The molecular weight excluding hydrogens is 226 g/mol. The Morgan fingerprint density at radius 2 is 1.94 bits per heavy atom. The van der Waals surface area contributed by atoms with E-state index in [1.165, 1.54) is 5.56 Å². The summed E-state index contributed by atoms with van der Waals surface area (Å²) in [5.74, 6) is 0.218. The highest BCUT2D eigenvalue weighted by Crippen LogP contribution is 2.13. The van der Waals surface area contributed by atoms with Crippen molar-refractivity contribution in [3.8, 4) is 0 Å². The number of aryl methyl sites for hydroxylation is 1. The molecule has 0 fully saturated rings. The van der Waals surface area contributed by atoms with Crippen LogP contribution in [-0.2, 0) is 9.53 Å². The van der Waals surface area contributed by atoms with Gasteiger partial charge >= 0.3 is 5.97 Å². The van der Waals surface area contributed by atoms with E-state index in [-0.39, 0.29) is 12.1 Å². The van der Waals surface area contributed by atoms with Crippen molar-refractivity contribution in [2.24, 2.45) is 5.92 Å². The molecule has 0 aromatic heterocycles. The zero-order valence-corrected chi connectivity index (χ0v) is 11.7. The van der Waals surface area contributed by atoms with Crippen LogP contribution in [0.1, 0.15) is 32.8 Å². The van der Waals surface area contributed by atoms with Crippen molar-refractivity contribution in [3.63, 3.8) is 0 Å². The van der Waals surface area contributed by atoms with Crippen LogP contribution >= 0.6 is 0 Å². The first-order valence-corrected chi connectivity index (χ1v) is 6.49. The summed E-state index contributed by atoms with van der Waals surface area (Å²) in [5.41, 5.74) is 2.25. The second-order valence-electron chi connectivity index (χ2n) is 4.93. The van der Waals surface area contributed by atoms with Crippen LogP contribution in [0.5, 0.6) is 0 Å². The lowest BCUT2D eigenvalue weighted by Crippen LogP contribution is -2.21. The molecule has 3 heteroatoms. The van der Waals surface area contributed by atoms with Gasteiger partial charge in [0.1, 0.15) is 6.10 Å². The predicted molar refractivity (Wildman–Crippen MR) is 74.7 cm³/mol. The Hall–Kier alpha value is -1.51. The van der Waals surface area contributed by atoms with E-state index in [9.17, 15) is 4.79 Å². The monoisotopic (exact) mass is 249 g/mol. The van der Waals surface area contributed by atoms with Crippen LogP contribution in [0.15, 0.2) is 24.3 Å². The van der Waals surface area contributed by atoms with Gasteiger partial charge in [0.15, 0.2) is 0 Å². The smallest absolute Gasteiger partial charge is 0.307 e. The van der Waals surface area contributed by atoms with Gasteiger partial charge in [-0.2, -0.15) is 0 Å². The van der Waals surface area contributed by atoms with Gasteiger partial charge in [-0.1, -0.05) is 32.0 Å². The van der Waals surface area contributed by atoms with Crippen molar-refractivity contribution in [1.29, 1.82) is 0 Å². The summed E-state index contributed by atoms with van der Waals surface area (Å²) in [6.07, 6.45) is 0.377. The third kappa shape index (κ3) is 4.78. The molecule has 0 bridgehead atoms. The Kier molecular flexibility index (Phi) is 5.69. The van der Waals surface area contributed by atoms with Gasteiger partial charge < -0.3 is 10.1 Å². The number of carbonyl (C=O) groups excluding carboxylic acids is 1. The van der Waals surface area contributed by atoms with Gasteiger partial charge in [0.25, 0.3) is 0 Å². The number of esters is 1. The van der Waals surface area contributed by atoms with Crippen LogP contribution in [-0.4, -0.2) is 18.6 Å². The molecular formula is C15H23NO2. The van der Waals surface area contributed by atoms with E-state index in [1.807, 2.05) is 52.0 Å². The fourth-order valence-electron chi connectivity index (χ4n) is 1.47. The highest BCUT2D eigenvalue weighted by atomic mass is 16.5. The van der Waals surface area contributed by atoms with Gasteiger partial charge in [-0.25, -0.2) is 0 Å². The molecule has 1 N–H and O–H groups in total. The van der Waals surface area contributed by atoms with Crippen LogP contribution in [0.4, 0.5) is 5.69 Å². The lowest BCUT2D eigenvalue weighted by molar-refractivity contribution is -0.149. The molecule has 0 heterocycles. The van der Waals surface area contributed by atoms with E-state index in [0.29, 0.717) is 18.9 Å². The molecule has 100 valence electrons. The van der Waals surface area contributed by atoms with E-state index in [4.69, 9.17) is 4.74 Å². The SMILES string of the molecule is Cc1ccccc1NCCC(=O)OC(C)C(C)C. The van der Waals surface area contributed by atoms with E-state index < -0.39 is 0 Å². The molecule has 0 saturated carbocycles. The molecule has 1 aromatic rings. The van der Waals surface area contributed by atoms with E-state index in [0.717, 1.165) is 5.69 Å². The third-order valence-electron chi connectivity index (χ3n) is 3.05. The van der Waals surface area contributed by atoms with Crippen LogP contribution in [0.25, 0.3) is 0 Å². The molecule has 18 heavy (non-hydrogen) atoms. The lowest BCUT2D eigenvalue weighted by atomic mass is 10.1. The van der Waals surface area contributed by atoms with Crippen molar-refractivity contribution >= 4 is 11.7 Å². The molecule has 0 saturated heterocycles. The first kappa shape index (κ1) is 14.6. The molecule has 0 amide bonds. The maximum atomic E-state index is 11.6. The Labute approximate surface area is 110 Å². The Bertz CT molecular complexity index is 388. The topological polar surface area (TPSA) is 38.3 Å². The van der Waals surface area contributed by atoms with Crippen LogP contribution in [0.2, 0.25) is 0 Å².